The highest BCUT2D eigenvalue weighted by atomic mass is 16.3. The van der Waals surface area contributed by atoms with Crippen molar-refractivity contribution in [3.8, 4) is 0 Å². The molecule has 0 aliphatic heterocycles. The van der Waals surface area contributed by atoms with Gasteiger partial charge in [-0.1, -0.05) is 91.0 Å². The third kappa shape index (κ3) is 5.81. The van der Waals surface area contributed by atoms with Crippen LogP contribution in [0.2, 0.25) is 0 Å². The van der Waals surface area contributed by atoms with Crippen molar-refractivity contribution in [2.24, 2.45) is 0 Å². The number of benzene rings is 3. The number of hydrogen-bond donors (Lipinski definition) is 1. The van der Waals surface area contributed by atoms with Gasteiger partial charge in [-0.3, -0.25) is 9.59 Å². The van der Waals surface area contributed by atoms with Gasteiger partial charge in [0.05, 0.1) is 17.9 Å². The molecule has 0 aliphatic carbocycles. The summed E-state index contributed by atoms with van der Waals surface area (Å²) >= 11 is 0. The molecule has 0 saturated carbocycles. The van der Waals surface area contributed by atoms with Crippen molar-refractivity contribution in [3.63, 3.8) is 0 Å². The lowest BCUT2D eigenvalue weighted by Crippen LogP contribution is -2.36. The lowest BCUT2D eigenvalue weighted by Gasteiger charge is -2.24. The van der Waals surface area contributed by atoms with Gasteiger partial charge in [-0.05, 0) is 29.7 Å². The van der Waals surface area contributed by atoms with Crippen molar-refractivity contribution >= 4 is 11.8 Å². The van der Waals surface area contributed by atoms with Crippen LogP contribution in [0.15, 0.2) is 108 Å². The van der Waals surface area contributed by atoms with Crippen LogP contribution in [-0.4, -0.2) is 23.3 Å². The Balaban J connectivity index is 1.49. The smallest absolute Gasteiger partial charge is 0.257 e. The molecule has 5 heteroatoms. The van der Waals surface area contributed by atoms with Crippen molar-refractivity contribution < 1.29 is 14.0 Å². The van der Waals surface area contributed by atoms with Crippen LogP contribution in [0.25, 0.3) is 0 Å². The Kier molecular flexibility index (Phi) is 7.56. The third-order valence-electron chi connectivity index (χ3n) is 5.77. The number of nitrogens with one attached hydrogen (secondary N) is 1. The largest absolute Gasteiger partial charge is 0.469 e. The average Bonchev–Trinajstić information content (AvgIpc) is 3.32. The Morgan fingerprint density at radius 3 is 1.91 bits per heavy atom. The van der Waals surface area contributed by atoms with Crippen LogP contribution < -0.4 is 5.32 Å². The molecule has 4 rings (SSSR count). The normalized spacial score (nSPS) is 10.8. The molecular formula is C29H28N2O3. The number of carbonyl (C=O) groups excluding carboxylic acids is 2. The zero-order chi connectivity index (χ0) is 23.8. The van der Waals surface area contributed by atoms with Gasteiger partial charge in [-0.15, -0.1) is 0 Å². The second-order valence-electron chi connectivity index (χ2n) is 8.17. The van der Waals surface area contributed by atoms with Crippen molar-refractivity contribution in [2.45, 2.75) is 25.9 Å². The van der Waals surface area contributed by atoms with Crippen molar-refractivity contribution in [3.05, 3.63) is 131 Å². The molecule has 0 atom stereocenters. The van der Waals surface area contributed by atoms with Crippen molar-refractivity contribution in [2.75, 3.05) is 6.54 Å². The molecule has 5 nitrogen and oxygen atoms in total. The van der Waals surface area contributed by atoms with E-state index in [4.69, 9.17) is 4.42 Å². The summed E-state index contributed by atoms with van der Waals surface area (Å²) in [6.07, 6.45) is 1.70. The van der Waals surface area contributed by atoms with Gasteiger partial charge >= 0.3 is 0 Å². The van der Waals surface area contributed by atoms with Gasteiger partial charge in [-0.2, -0.15) is 0 Å². The fraction of sp³-hybridized carbons (Fsp3) is 0.172. The second-order valence-corrected chi connectivity index (χ2v) is 8.17. The Morgan fingerprint density at radius 1 is 0.824 bits per heavy atom. The molecule has 1 heterocycles. The molecule has 4 aromatic rings. The number of nitrogens with zero attached hydrogens (tertiary/aromatic N) is 1. The molecule has 1 N–H and O–H groups in total. The predicted molar refractivity (Wildman–Crippen MR) is 132 cm³/mol. The Labute approximate surface area is 200 Å². The number of hydrogen-bond acceptors (Lipinski definition) is 3. The minimum Gasteiger partial charge on any atom is -0.469 e. The summed E-state index contributed by atoms with van der Waals surface area (Å²) in [6, 6.07) is 31.0. The average molecular weight is 453 g/mol. The van der Waals surface area contributed by atoms with E-state index in [9.17, 15) is 9.59 Å². The molecule has 1 aromatic heterocycles. The molecule has 0 unspecified atom stereocenters. The van der Waals surface area contributed by atoms with Gasteiger partial charge in [0.2, 0.25) is 5.91 Å². The number of aryl methyl sites for hydroxylation is 1. The minimum absolute atomic E-state index is 0.118. The molecule has 172 valence electrons. The molecule has 0 radical (unpaired) electrons. The van der Waals surface area contributed by atoms with E-state index in [0.717, 1.165) is 16.7 Å². The van der Waals surface area contributed by atoms with Gasteiger partial charge in [0.15, 0.2) is 0 Å². The maximum atomic E-state index is 13.2. The van der Waals surface area contributed by atoms with E-state index in [0.29, 0.717) is 24.4 Å². The van der Waals surface area contributed by atoms with Crippen LogP contribution in [0.5, 0.6) is 0 Å². The van der Waals surface area contributed by atoms with E-state index in [1.54, 1.807) is 17.9 Å². The van der Waals surface area contributed by atoms with E-state index in [1.165, 1.54) is 6.26 Å². The van der Waals surface area contributed by atoms with Gasteiger partial charge in [0, 0.05) is 19.5 Å². The summed E-state index contributed by atoms with van der Waals surface area (Å²) in [5.41, 5.74) is 3.54. The highest BCUT2D eigenvalue weighted by Crippen LogP contribution is 2.22. The lowest BCUT2D eigenvalue weighted by atomic mass is 9.98. The monoisotopic (exact) mass is 452 g/mol. The summed E-state index contributed by atoms with van der Waals surface area (Å²) in [5, 5.41) is 3.16. The third-order valence-corrected chi connectivity index (χ3v) is 5.77. The van der Waals surface area contributed by atoms with Crippen molar-refractivity contribution in [1.29, 1.82) is 0 Å². The standard InChI is InChI=1S/C29H28N2O3/c1-22-26(18-20-34-22)29(33)31(21-23-11-5-2-6-12-23)19-17-27(32)30-28(24-13-7-3-8-14-24)25-15-9-4-10-16-25/h2-16,18,20,28H,17,19,21H2,1H3,(H,30,32). The molecular weight excluding hydrogens is 424 g/mol. The topological polar surface area (TPSA) is 62.6 Å². The van der Waals surface area contributed by atoms with Crippen LogP contribution in [-0.2, 0) is 11.3 Å². The molecule has 34 heavy (non-hydrogen) atoms. The zero-order valence-electron chi connectivity index (χ0n) is 19.2. The molecule has 0 saturated heterocycles. The summed E-state index contributed by atoms with van der Waals surface area (Å²) in [5.74, 6) is 0.304. The SMILES string of the molecule is Cc1occc1C(=O)N(CCC(=O)NC(c1ccccc1)c1ccccc1)Cc1ccccc1. The second kappa shape index (κ2) is 11.1. The Morgan fingerprint density at radius 2 is 1.38 bits per heavy atom. The van der Waals surface area contributed by atoms with Crippen molar-refractivity contribution in [1.82, 2.24) is 10.2 Å². The van der Waals surface area contributed by atoms with Crippen LogP contribution in [0, 0.1) is 6.92 Å². The number of amides is 2. The molecule has 0 spiro atoms. The maximum Gasteiger partial charge on any atom is 0.257 e. The van der Waals surface area contributed by atoms with Crippen LogP contribution >= 0.6 is 0 Å². The van der Waals surface area contributed by atoms with Gasteiger partial charge in [0.1, 0.15) is 5.76 Å². The number of furan rings is 1. The van der Waals surface area contributed by atoms with E-state index in [-0.39, 0.29) is 24.3 Å². The number of rotatable bonds is 9. The molecule has 2 amide bonds. The van der Waals surface area contributed by atoms with Gasteiger partial charge in [-0.25, -0.2) is 0 Å². The first-order valence-corrected chi connectivity index (χ1v) is 11.4. The zero-order valence-corrected chi connectivity index (χ0v) is 19.2. The van der Waals surface area contributed by atoms with Crippen LogP contribution in [0.1, 0.15) is 45.3 Å². The quantitative estimate of drug-likeness (QED) is 0.363. The Bertz CT molecular complexity index is 1160. The van der Waals surface area contributed by atoms with Gasteiger partial charge < -0.3 is 14.6 Å². The summed E-state index contributed by atoms with van der Waals surface area (Å²) < 4.78 is 5.34. The lowest BCUT2D eigenvalue weighted by molar-refractivity contribution is -0.121. The van der Waals surface area contributed by atoms with E-state index in [1.807, 2.05) is 91.0 Å². The summed E-state index contributed by atoms with van der Waals surface area (Å²) in [4.78, 5) is 28.0. The van der Waals surface area contributed by atoms with Crippen LogP contribution in [0.4, 0.5) is 0 Å². The summed E-state index contributed by atoms with van der Waals surface area (Å²) in [7, 11) is 0. The minimum atomic E-state index is -0.260. The first-order valence-electron chi connectivity index (χ1n) is 11.4. The molecule has 3 aromatic carbocycles. The molecule has 0 bridgehead atoms. The van der Waals surface area contributed by atoms with E-state index < -0.39 is 0 Å². The fourth-order valence-electron chi connectivity index (χ4n) is 3.95. The fourth-order valence-corrected chi connectivity index (χ4v) is 3.95. The predicted octanol–water partition coefficient (Wildman–Crippen LogP) is 5.53. The number of carbonyl (C=O) groups is 2. The summed E-state index contributed by atoms with van der Waals surface area (Å²) in [6.45, 7) is 2.48. The van der Waals surface area contributed by atoms with E-state index >= 15 is 0 Å². The van der Waals surface area contributed by atoms with Gasteiger partial charge in [0.25, 0.3) is 5.91 Å². The highest BCUT2D eigenvalue weighted by molar-refractivity contribution is 5.95. The van der Waals surface area contributed by atoms with Crippen LogP contribution in [0.3, 0.4) is 0 Å². The molecule has 0 fully saturated rings. The van der Waals surface area contributed by atoms with E-state index in [2.05, 4.69) is 5.32 Å². The highest BCUT2D eigenvalue weighted by Gasteiger charge is 2.22. The first-order chi connectivity index (χ1) is 16.6. The Hall–Kier alpha value is -4.12. The first kappa shape index (κ1) is 23.1. The maximum absolute atomic E-state index is 13.2. The molecule has 0 aliphatic rings.